The number of ether oxygens (including phenoxy) is 1. The smallest absolute Gasteiger partial charge is 0.331 e. The molecule has 1 amide bonds. The summed E-state index contributed by atoms with van der Waals surface area (Å²) in [7, 11) is -3.56. The number of sulfonamides is 1. The number of esters is 1. The summed E-state index contributed by atoms with van der Waals surface area (Å²) in [6.07, 6.45) is 2.28. The third-order valence-corrected chi connectivity index (χ3v) is 8.00. The van der Waals surface area contributed by atoms with Gasteiger partial charge in [-0.15, -0.1) is 0 Å². The summed E-state index contributed by atoms with van der Waals surface area (Å²) in [5.74, 6) is -0.693. The van der Waals surface area contributed by atoms with Crippen molar-refractivity contribution in [3.05, 3.63) is 29.8 Å². The van der Waals surface area contributed by atoms with E-state index in [-0.39, 0.29) is 29.3 Å². The Kier molecular flexibility index (Phi) is 6.33. The summed E-state index contributed by atoms with van der Waals surface area (Å²) in [6.45, 7) is 6.87. The molecule has 1 aromatic carbocycles. The number of benzene rings is 1. The Balaban J connectivity index is 1.66. The number of carbonyl (C=O) groups is 2. The van der Waals surface area contributed by atoms with E-state index in [1.165, 1.54) is 4.31 Å². The first-order valence-electron chi connectivity index (χ1n) is 10.3. The second-order valence-corrected chi connectivity index (χ2v) is 10.0. The lowest BCUT2D eigenvalue weighted by molar-refractivity contribution is -0.162. The van der Waals surface area contributed by atoms with Gasteiger partial charge in [-0.25, -0.2) is 13.2 Å². The summed E-state index contributed by atoms with van der Waals surface area (Å²) < 4.78 is 32.4. The van der Waals surface area contributed by atoms with Crippen molar-refractivity contribution in [2.24, 2.45) is 5.92 Å². The topological polar surface area (TPSA) is 84.0 Å². The molecule has 2 fully saturated rings. The van der Waals surface area contributed by atoms with Crippen molar-refractivity contribution < 1.29 is 22.7 Å². The van der Waals surface area contributed by atoms with Crippen LogP contribution < -0.4 is 0 Å². The summed E-state index contributed by atoms with van der Waals surface area (Å²) in [6, 6.07) is 6.81. The standard InChI is InChI=1S/C21H30N2O5S/c1-4-28-20(25)21(3)12-5-13-23(21)19(24)17-10-14-22(15-11-17)29(26,27)18-8-6-16(2)7-9-18/h6-9,17H,4-5,10-15H2,1-3H3. The Morgan fingerprint density at radius 2 is 1.76 bits per heavy atom. The van der Waals surface area contributed by atoms with Gasteiger partial charge in [0.1, 0.15) is 5.54 Å². The van der Waals surface area contributed by atoms with Crippen LogP contribution in [0.5, 0.6) is 0 Å². The van der Waals surface area contributed by atoms with Crippen LogP contribution in [0, 0.1) is 12.8 Å². The van der Waals surface area contributed by atoms with E-state index in [4.69, 9.17) is 4.74 Å². The number of rotatable bonds is 5. The van der Waals surface area contributed by atoms with Gasteiger partial charge in [0.2, 0.25) is 15.9 Å². The number of piperidine rings is 1. The number of carbonyl (C=O) groups excluding carboxylic acids is 2. The molecule has 0 saturated carbocycles. The summed E-state index contributed by atoms with van der Waals surface area (Å²) in [4.78, 5) is 27.5. The van der Waals surface area contributed by atoms with Crippen LogP contribution in [0.3, 0.4) is 0 Å². The Morgan fingerprint density at radius 3 is 2.34 bits per heavy atom. The number of nitrogens with zero attached hydrogens (tertiary/aromatic N) is 2. The van der Waals surface area contributed by atoms with E-state index in [1.807, 2.05) is 6.92 Å². The third-order valence-electron chi connectivity index (χ3n) is 6.08. The molecule has 0 radical (unpaired) electrons. The normalized spacial score (nSPS) is 23.9. The van der Waals surface area contributed by atoms with Crippen LogP contribution in [-0.2, 0) is 24.3 Å². The molecule has 29 heavy (non-hydrogen) atoms. The van der Waals surface area contributed by atoms with Crippen LogP contribution in [0.2, 0.25) is 0 Å². The molecule has 1 atom stereocenters. The number of amides is 1. The molecule has 7 nitrogen and oxygen atoms in total. The molecule has 0 aromatic heterocycles. The Labute approximate surface area is 173 Å². The summed E-state index contributed by atoms with van der Waals surface area (Å²) in [5, 5.41) is 0. The van der Waals surface area contributed by atoms with Crippen molar-refractivity contribution in [1.82, 2.24) is 9.21 Å². The van der Waals surface area contributed by atoms with Gasteiger partial charge in [0.25, 0.3) is 0 Å². The lowest BCUT2D eigenvalue weighted by Crippen LogP contribution is -2.54. The van der Waals surface area contributed by atoms with E-state index in [2.05, 4.69) is 0 Å². The van der Waals surface area contributed by atoms with E-state index in [0.717, 1.165) is 12.0 Å². The fourth-order valence-corrected chi connectivity index (χ4v) is 5.71. The van der Waals surface area contributed by atoms with Crippen molar-refractivity contribution in [2.45, 2.75) is 56.9 Å². The van der Waals surface area contributed by atoms with Crippen LogP contribution in [0.15, 0.2) is 29.2 Å². The fourth-order valence-electron chi connectivity index (χ4n) is 4.24. The molecule has 0 aliphatic carbocycles. The highest BCUT2D eigenvalue weighted by atomic mass is 32.2. The van der Waals surface area contributed by atoms with Crippen LogP contribution in [0.25, 0.3) is 0 Å². The maximum atomic E-state index is 13.1. The number of hydrogen-bond acceptors (Lipinski definition) is 5. The molecular weight excluding hydrogens is 392 g/mol. The van der Waals surface area contributed by atoms with Gasteiger partial charge in [0.05, 0.1) is 11.5 Å². The van der Waals surface area contributed by atoms with Crippen LogP contribution in [-0.4, -0.2) is 61.3 Å². The van der Waals surface area contributed by atoms with Gasteiger partial charge >= 0.3 is 5.97 Å². The van der Waals surface area contributed by atoms with Crippen molar-refractivity contribution in [3.63, 3.8) is 0 Å². The minimum atomic E-state index is -3.56. The molecule has 2 heterocycles. The van der Waals surface area contributed by atoms with Gasteiger partial charge in [-0.05, 0) is 58.6 Å². The predicted molar refractivity (Wildman–Crippen MR) is 109 cm³/mol. The Bertz CT molecular complexity index is 860. The average Bonchev–Trinajstić information content (AvgIpc) is 3.11. The molecule has 8 heteroatoms. The van der Waals surface area contributed by atoms with E-state index in [1.54, 1.807) is 43.0 Å². The zero-order valence-electron chi connectivity index (χ0n) is 17.4. The summed E-state index contributed by atoms with van der Waals surface area (Å²) >= 11 is 0. The molecule has 2 saturated heterocycles. The first-order chi connectivity index (χ1) is 13.7. The second-order valence-electron chi connectivity index (χ2n) is 8.08. The van der Waals surface area contributed by atoms with Crippen molar-refractivity contribution in [1.29, 1.82) is 0 Å². The van der Waals surface area contributed by atoms with E-state index < -0.39 is 15.6 Å². The average molecular weight is 423 g/mol. The van der Waals surface area contributed by atoms with Crippen molar-refractivity contribution in [3.8, 4) is 0 Å². The number of likely N-dealkylation sites (tertiary alicyclic amines) is 1. The zero-order valence-corrected chi connectivity index (χ0v) is 18.2. The van der Waals surface area contributed by atoms with Crippen LogP contribution in [0.4, 0.5) is 0 Å². The van der Waals surface area contributed by atoms with Gasteiger partial charge in [0, 0.05) is 25.6 Å². The number of aryl methyl sites for hydroxylation is 1. The second kappa shape index (κ2) is 8.44. The fraction of sp³-hybridized carbons (Fsp3) is 0.619. The van der Waals surface area contributed by atoms with Crippen molar-refractivity contribution >= 4 is 21.9 Å². The first kappa shape index (κ1) is 21.8. The molecule has 0 bridgehead atoms. The molecule has 3 rings (SSSR count). The van der Waals surface area contributed by atoms with Gasteiger partial charge in [-0.1, -0.05) is 17.7 Å². The lowest BCUT2D eigenvalue weighted by atomic mass is 9.93. The predicted octanol–water partition coefficient (Wildman–Crippen LogP) is 2.34. The largest absolute Gasteiger partial charge is 0.464 e. The van der Waals surface area contributed by atoms with Crippen LogP contribution in [0.1, 0.15) is 45.1 Å². The minimum absolute atomic E-state index is 0.0644. The van der Waals surface area contributed by atoms with Gasteiger partial charge in [-0.3, -0.25) is 4.79 Å². The van der Waals surface area contributed by atoms with Crippen LogP contribution >= 0.6 is 0 Å². The molecule has 2 aliphatic rings. The Hall–Kier alpha value is -1.93. The molecule has 0 N–H and O–H groups in total. The Morgan fingerprint density at radius 1 is 1.14 bits per heavy atom. The first-order valence-corrected chi connectivity index (χ1v) is 11.7. The highest BCUT2D eigenvalue weighted by Gasteiger charge is 2.48. The molecular formula is C21H30N2O5S. The summed E-state index contributed by atoms with van der Waals surface area (Å²) in [5.41, 5.74) is 0.0848. The molecule has 0 spiro atoms. The van der Waals surface area contributed by atoms with Crippen molar-refractivity contribution in [2.75, 3.05) is 26.2 Å². The van der Waals surface area contributed by atoms with Gasteiger partial charge in [0.15, 0.2) is 0 Å². The highest BCUT2D eigenvalue weighted by Crippen LogP contribution is 2.34. The quantitative estimate of drug-likeness (QED) is 0.680. The maximum absolute atomic E-state index is 13.1. The van der Waals surface area contributed by atoms with Gasteiger partial charge < -0.3 is 9.64 Å². The monoisotopic (exact) mass is 422 g/mol. The maximum Gasteiger partial charge on any atom is 0.331 e. The van der Waals surface area contributed by atoms with Gasteiger partial charge in [-0.2, -0.15) is 4.31 Å². The zero-order chi connectivity index (χ0) is 21.2. The molecule has 1 aromatic rings. The molecule has 160 valence electrons. The SMILES string of the molecule is CCOC(=O)C1(C)CCCN1C(=O)C1CCN(S(=O)(=O)c2ccc(C)cc2)CC1. The highest BCUT2D eigenvalue weighted by molar-refractivity contribution is 7.89. The van der Waals surface area contributed by atoms with E-state index in [9.17, 15) is 18.0 Å². The van der Waals surface area contributed by atoms with E-state index >= 15 is 0 Å². The molecule has 1 unspecified atom stereocenters. The van der Waals surface area contributed by atoms with E-state index in [0.29, 0.717) is 38.9 Å². The minimum Gasteiger partial charge on any atom is -0.464 e. The lowest BCUT2D eigenvalue weighted by Gasteiger charge is -2.37. The number of hydrogen-bond donors (Lipinski definition) is 0. The molecule has 2 aliphatic heterocycles. The third kappa shape index (κ3) is 4.19.